The fraction of sp³-hybridized carbons (Fsp3) is 0.667. The zero-order valence-corrected chi connectivity index (χ0v) is 13.1. The molecule has 2 nitrogen and oxygen atoms in total. The van der Waals surface area contributed by atoms with Crippen LogP contribution in [0.25, 0.3) is 0 Å². The second-order valence-electron chi connectivity index (χ2n) is 6.43. The summed E-state index contributed by atoms with van der Waals surface area (Å²) in [5.74, 6) is 0. The van der Waals surface area contributed by atoms with Crippen molar-refractivity contribution in [2.75, 3.05) is 24.6 Å². The zero-order chi connectivity index (χ0) is 14.4. The van der Waals surface area contributed by atoms with Crippen LogP contribution in [0.3, 0.4) is 0 Å². The molecule has 0 spiro atoms. The minimum Gasteiger partial charge on any atom is -0.396 e. The molecular formula is C18H29NO. The number of hydrogen-bond donors (Lipinski definition) is 1. The van der Waals surface area contributed by atoms with Gasteiger partial charge in [-0.25, -0.2) is 0 Å². The van der Waals surface area contributed by atoms with Gasteiger partial charge in [0.1, 0.15) is 0 Å². The van der Waals surface area contributed by atoms with Crippen LogP contribution in [0.15, 0.2) is 24.3 Å². The van der Waals surface area contributed by atoms with E-state index in [2.05, 4.69) is 43.0 Å². The SMILES string of the molecule is CCN(CC1(CO)CCCCCC1)c1cccc(C)c1. The lowest BCUT2D eigenvalue weighted by molar-refractivity contribution is 0.113. The van der Waals surface area contributed by atoms with E-state index in [1.807, 2.05) is 0 Å². The molecule has 0 amide bonds. The van der Waals surface area contributed by atoms with Gasteiger partial charge in [0.2, 0.25) is 0 Å². The first kappa shape index (κ1) is 15.4. The smallest absolute Gasteiger partial charge is 0.0504 e. The molecule has 112 valence electrons. The van der Waals surface area contributed by atoms with Crippen LogP contribution in [0.1, 0.15) is 51.0 Å². The summed E-state index contributed by atoms with van der Waals surface area (Å²) in [6.07, 6.45) is 7.55. The second-order valence-corrected chi connectivity index (χ2v) is 6.43. The molecule has 1 N–H and O–H groups in total. The normalized spacial score (nSPS) is 18.6. The molecule has 1 aliphatic carbocycles. The van der Waals surface area contributed by atoms with E-state index in [4.69, 9.17) is 0 Å². The van der Waals surface area contributed by atoms with Crippen molar-refractivity contribution in [3.63, 3.8) is 0 Å². The molecule has 0 radical (unpaired) electrons. The molecule has 0 saturated heterocycles. The molecule has 2 heteroatoms. The van der Waals surface area contributed by atoms with E-state index in [1.54, 1.807) is 0 Å². The van der Waals surface area contributed by atoms with Crippen LogP contribution in [-0.4, -0.2) is 24.8 Å². The first-order chi connectivity index (χ1) is 9.69. The predicted molar refractivity (Wildman–Crippen MR) is 86.3 cm³/mol. The van der Waals surface area contributed by atoms with Crippen molar-refractivity contribution in [1.82, 2.24) is 0 Å². The average Bonchev–Trinajstić information content (AvgIpc) is 2.71. The Morgan fingerprint density at radius 3 is 2.40 bits per heavy atom. The Labute approximate surface area is 123 Å². The Balaban J connectivity index is 2.14. The molecule has 0 aromatic heterocycles. The molecule has 0 unspecified atom stereocenters. The van der Waals surface area contributed by atoms with Gasteiger partial charge in [-0.3, -0.25) is 0 Å². The molecule has 1 aliphatic rings. The summed E-state index contributed by atoms with van der Waals surface area (Å²) in [7, 11) is 0. The second kappa shape index (κ2) is 7.12. The number of benzene rings is 1. The van der Waals surface area contributed by atoms with Crippen molar-refractivity contribution in [2.45, 2.75) is 52.4 Å². The van der Waals surface area contributed by atoms with Gasteiger partial charge in [-0.15, -0.1) is 0 Å². The third-order valence-corrected chi connectivity index (χ3v) is 4.77. The summed E-state index contributed by atoms with van der Waals surface area (Å²) in [4.78, 5) is 2.44. The minimum absolute atomic E-state index is 0.107. The summed E-state index contributed by atoms with van der Waals surface area (Å²) in [6.45, 7) is 6.68. The van der Waals surface area contributed by atoms with Crippen LogP contribution < -0.4 is 4.90 Å². The summed E-state index contributed by atoms with van der Waals surface area (Å²) in [5.41, 5.74) is 2.71. The van der Waals surface area contributed by atoms with Crippen molar-refractivity contribution < 1.29 is 5.11 Å². The standard InChI is InChI=1S/C18H29NO/c1-3-19(17-10-8-9-16(2)13-17)14-18(15-20)11-6-4-5-7-12-18/h8-10,13,20H,3-7,11-12,14-15H2,1-2H3. The lowest BCUT2D eigenvalue weighted by atomic mass is 9.80. The summed E-state index contributed by atoms with van der Waals surface area (Å²) in [6, 6.07) is 8.72. The molecule has 20 heavy (non-hydrogen) atoms. The van der Waals surface area contributed by atoms with Crippen LogP contribution in [0.4, 0.5) is 5.69 Å². The lowest BCUT2D eigenvalue weighted by Gasteiger charge is -2.37. The van der Waals surface area contributed by atoms with E-state index >= 15 is 0 Å². The molecule has 1 aromatic rings. The van der Waals surface area contributed by atoms with E-state index in [-0.39, 0.29) is 5.41 Å². The quantitative estimate of drug-likeness (QED) is 0.816. The first-order valence-corrected chi connectivity index (χ1v) is 8.11. The minimum atomic E-state index is 0.107. The third kappa shape index (κ3) is 3.76. The Morgan fingerprint density at radius 1 is 1.15 bits per heavy atom. The highest BCUT2D eigenvalue weighted by molar-refractivity contribution is 5.48. The van der Waals surface area contributed by atoms with Crippen molar-refractivity contribution in [1.29, 1.82) is 0 Å². The van der Waals surface area contributed by atoms with Gasteiger partial charge in [0.05, 0.1) is 6.61 Å². The maximum Gasteiger partial charge on any atom is 0.0504 e. The molecular weight excluding hydrogens is 246 g/mol. The molecule has 2 rings (SSSR count). The maximum atomic E-state index is 9.99. The molecule has 1 fully saturated rings. The Bertz CT molecular complexity index is 408. The van der Waals surface area contributed by atoms with Crippen molar-refractivity contribution in [3.8, 4) is 0 Å². The third-order valence-electron chi connectivity index (χ3n) is 4.77. The van der Waals surface area contributed by atoms with E-state index in [1.165, 1.54) is 49.8 Å². The van der Waals surface area contributed by atoms with Crippen molar-refractivity contribution in [3.05, 3.63) is 29.8 Å². The Hall–Kier alpha value is -1.02. The van der Waals surface area contributed by atoms with Crippen LogP contribution in [0.5, 0.6) is 0 Å². The van der Waals surface area contributed by atoms with E-state index in [9.17, 15) is 5.11 Å². The fourth-order valence-corrected chi connectivity index (χ4v) is 3.46. The Kier molecular flexibility index (Phi) is 5.47. The molecule has 0 heterocycles. The van der Waals surface area contributed by atoms with Gasteiger partial charge in [0, 0.05) is 24.2 Å². The number of aliphatic hydroxyl groups excluding tert-OH is 1. The van der Waals surface area contributed by atoms with E-state index < -0.39 is 0 Å². The maximum absolute atomic E-state index is 9.99. The van der Waals surface area contributed by atoms with Gasteiger partial charge in [0.25, 0.3) is 0 Å². The monoisotopic (exact) mass is 275 g/mol. The fourth-order valence-electron chi connectivity index (χ4n) is 3.46. The van der Waals surface area contributed by atoms with E-state index in [0.29, 0.717) is 6.61 Å². The van der Waals surface area contributed by atoms with Gasteiger partial charge >= 0.3 is 0 Å². The molecule has 0 bridgehead atoms. The van der Waals surface area contributed by atoms with Crippen molar-refractivity contribution in [2.24, 2.45) is 5.41 Å². The largest absolute Gasteiger partial charge is 0.396 e. The number of hydrogen-bond acceptors (Lipinski definition) is 2. The summed E-state index contributed by atoms with van der Waals surface area (Å²) in [5, 5.41) is 9.99. The number of aryl methyl sites for hydroxylation is 1. The lowest BCUT2D eigenvalue weighted by Crippen LogP contribution is -2.40. The number of nitrogens with zero attached hydrogens (tertiary/aromatic N) is 1. The van der Waals surface area contributed by atoms with Gasteiger partial charge in [-0.2, -0.15) is 0 Å². The molecule has 1 saturated carbocycles. The topological polar surface area (TPSA) is 23.5 Å². The average molecular weight is 275 g/mol. The van der Waals surface area contributed by atoms with Crippen LogP contribution in [0.2, 0.25) is 0 Å². The highest BCUT2D eigenvalue weighted by atomic mass is 16.3. The molecule has 1 aromatic carbocycles. The van der Waals surface area contributed by atoms with Crippen LogP contribution in [-0.2, 0) is 0 Å². The van der Waals surface area contributed by atoms with Gasteiger partial charge in [-0.05, 0) is 44.4 Å². The highest BCUT2D eigenvalue weighted by Gasteiger charge is 2.32. The number of aliphatic hydroxyl groups is 1. The zero-order valence-electron chi connectivity index (χ0n) is 13.1. The van der Waals surface area contributed by atoms with Crippen molar-refractivity contribution >= 4 is 5.69 Å². The van der Waals surface area contributed by atoms with Crippen LogP contribution in [0, 0.1) is 12.3 Å². The number of anilines is 1. The summed E-state index contributed by atoms with van der Waals surface area (Å²) >= 11 is 0. The Morgan fingerprint density at radius 2 is 1.85 bits per heavy atom. The predicted octanol–water partition coefficient (Wildman–Crippen LogP) is 4.15. The van der Waals surface area contributed by atoms with Gasteiger partial charge < -0.3 is 10.0 Å². The van der Waals surface area contributed by atoms with E-state index in [0.717, 1.165) is 13.1 Å². The molecule has 0 atom stereocenters. The molecule has 0 aliphatic heterocycles. The summed E-state index contributed by atoms with van der Waals surface area (Å²) < 4.78 is 0. The highest BCUT2D eigenvalue weighted by Crippen LogP contribution is 2.36. The first-order valence-electron chi connectivity index (χ1n) is 8.11. The van der Waals surface area contributed by atoms with Crippen LogP contribution >= 0.6 is 0 Å². The number of rotatable bonds is 5. The van der Waals surface area contributed by atoms with Gasteiger partial charge in [-0.1, -0.05) is 37.8 Å². The van der Waals surface area contributed by atoms with Gasteiger partial charge in [0.15, 0.2) is 0 Å².